The molecule has 0 bridgehead atoms. The first-order chi connectivity index (χ1) is 21.0. The van der Waals surface area contributed by atoms with Crippen molar-refractivity contribution < 1.29 is 31.4 Å². The standard InChI is InChI=1S/C18H26F3NO.C18H27F2NO/c1-17(2,3)14-6-8-15(9-7-14)23-16-5-4-11-22(13-16)12-10-18(19,20)21;1-18(2,3)14-6-8-15(9-7-14)22-16-5-4-11-21(13-16)12-10-17(19)20/h6-9,16H,4-5,10-13H2,1-3H3;6-9,16-17H,4-5,10-13H2,1-3H3/t;16-/m.1/s1. The lowest BCUT2D eigenvalue weighted by Gasteiger charge is -2.33. The Morgan fingerprint density at radius 2 is 1.07 bits per heavy atom. The molecule has 0 amide bonds. The van der Waals surface area contributed by atoms with Gasteiger partial charge in [-0.25, -0.2) is 8.78 Å². The first-order valence-electron chi connectivity index (χ1n) is 16.3. The van der Waals surface area contributed by atoms with Crippen LogP contribution in [0.25, 0.3) is 0 Å². The summed E-state index contributed by atoms with van der Waals surface area (Å²) in [5.41, 5.74) is 2.75. The summed E-state index contributed by atoms with van der Waals surface area (Å²) in [5, 5.41) is 0. The predicted octanol–water partition coefficient (Wildman–Crippen LogP) is 9.26. The highest BCUT2D eigenvalue weighted by atomic mass is 19.4. The maximum atomic E-state index is 12.3. The van der Waals surface area contributed by atoms with Gasteiger partial charge in [-0.1, -0.05) is 65.8 Å². The lowest BCUT2D eigenvalue weighted by atomic mass is 9.87. The fourth-order valence-electron chi connectivity index (χ4n) is 5.64. The Morgan fingerprint density at radius 1 is 0.667 bits per heavy atom. The highest BCUT2D eigenvalue weighted by Crippen LogP contribution is 2.28. The molecular formula is C36H53F5N2O2. The van der Waals surface area contributed by atoms with Crippen molar-refractivity contribution >= 4 is 0 Å². The number of likely N-dealkylation sites (tertiary alicyclic amines) is 2. The number of rotatable bonds is 9. The molecular weight excluding hydrogens is 587 g/mol. The average molecular weight is 641 g/mol. The van der Waals surface area contributed by atoms with Crippen molar-refractivity contribution in [1.82, 2.24) is 9.80 Å². The molecule has 4 nitrogen and oxygen atoms in total. The molecule has 0 saturated carbocycles. The maximum absolute atomic E-state index is 12.3. The molecule has 2 aliphatic heterocycles. The summed E-state index contributed by atoms with van der Waals surface area (Å²) in [6.45, 7) is 16.5. The number of ether oxygens (including phenoxy) is 2. The van der Waals surface area contributed by atoms with Crippen LogP contribution in [-0.4, -0.2) is 73.9 Å². The highest BCUT2D eigenvalue weighted by Gasteiger charge is 2.30. The van der Waals surface area contributed by atoms with Crippen LogP contribution in [0.1, 0.15) is 91.2 Å². The van der Waals surface area contributed by atoms with Crippen LogP contribution in [0.2, 0.25) is 0 Å². The molecule has 2 aliphatic rings. The summed E-state index contributed by atoms with van der Waals surface area (Å²) < 4.78 is 73.6. The minimum atomic E-state index is -4.09. The number of hydrogen-bond donors (Lipinski definition) is 0. The third-order valence-electron chi connectivity index (χ3n) is 8.35. The quantitative estimate of drug-likeness (QED) is 0.255. The topological polar surface area (TPSA) is 24.9 Å². The van der Waals surface area contributed by atoms with Crippen LogP contribution in [0.4, 0.5) is 22.0 Å². The second-order valence-electron chi connectivity index (χ2n) is 14.5. The second kappa shape index (κ2) is 16.4. The maximum Gasteiger partial charge on any atom is 0.390 e. The lowest BCUT2D eigenvalue weighted by Crippen LogP contribution is -2.42. The molecule has 45 heavy (non-hydrogen) atoms. The van der Waals surface area contributed by atoms with Crippen LogP contribution in [0.5, 0.6) is 11.5 Å². The van der Waals surface area contributed by atoms with Crippen molar-refractivity contribution in [1.29, 1.82) is 0 Å². The van der Waals surface area contributed by atoms with Crippen LogP contribution < -0.4 is 9.47 Å². The predicted molar refractivity (Wildman–Crippen MR) is 172 cm³/mol. The molecule has 2 atom stereocenters. The van der Waals surface area contributed by atoms with Crippen LogP contribution in [0.15, 0.2) is 48.5 Å². The molecule has 1 unspecified atom stereocenters. The first-order valence-corrected chi connectivity index (χ1v) is 16.3. The van der Waals surface area contributed by atoms with E-state index in [1.54, 1.807) is 0 Å². The Labute approximate surface area is 267 Å². The van der Waals surface area contributed by atoms with Gasteiger partial charge in [0, 0.05) is 32.6 Å². The van der Waals surface area contributed by atoms with Crippen molar-refractivity contribution in [3.05, 3.63) is 59.7 Å². The van der Waals surface area contributed by atoms with Crippen molar-refractivity contribution in [2.75, 3.05) is 39.3 Å². The van der Waals surface area contributed by atoms with Crippen LogP contribution >= 0.6 is 0 Å². The van der Waals surface area contributed by atoms with Gasteiger partial charge in [0.05, 0.1) is 6.42 Å². The Kier molecular flexibility index (Phi) is 13.5. The zero-order valence-corrected chi connectivity index (χ0v) is 27.9. The number of halogens is 5. The molecule has 0 aromatic heterocycles. The smallest absolute Gasteiger partial charge is 0.390 e. The van der Waals surface area contributed by atoms with Crippen molar-refractivity contribution in [2.24, 2.45) is 0 Å². The molecule has 2 saturated heterocycles. The minimum absolute atomic E-state index is 0.0301. The SMILES string of the molecule is CC(C)(C)c1ccc(OC2CCCN(CCC(F)(F)F)C2)cc1.CC(C)(C)c1ccc(O[C@@H]2CCCN(CCC(F)F)C2)cc1. The van der Waals surface area contributed by atoms with Crippen molar-refractivity contribution in [3.63, 3.8) is 0 Å². The third kappa shape index (κ3) is 13.9. The van der Waals surface area contributed by atoms with E-state index in [1.165, 1.54) is 11.1 Å². The Hall–Kier alpha value is -2.39. The van der Waals surface area contributed by atoms with E-state index in [0.29, 0.717) is 13.1 Å². The van der Waals surface area contributed by atoms with Gasteiger partial charge in [-0.2, -0.15) is 13.2 Å². The Morgan fingerprint density at radius 3 is 1.42 bits per heavy atom. The Balaban J connectivity index is 0.000000246. The summed E-state index contributed by atoms with van der Waals surface area (Å²) in [7, 11) is 0. The van der Waals surface area contributed by atoms with E-state index in [1.807, 2.05) is 29.2 Å². The lowest BCUT2D eigenvalue weighted by molar-refractivity contribution is -0.139. The van der Waals surface area contributed by atoms with E-state index in [-0.39, 0.29) is 36.0 Å². The number of hydrogen-bond acceptors (Lipinski definition) is 4. The number of piperidine rings is 2. The van der Waals surface area contributed by atoms with Gasteiger partial charge in [0.1, 0.15) is 23.7 Å². The van der Waals surface area contributed by atoms with Gasteiger partial charge >= 0.3 is 6.18 Å². The van der Waals surface area contributed by atoms with Gasteiger partial charge in [-0.15, -0.1) is 0 Å². The van der Waals surface area contributed by atoms with Gasteiger partial charge in [-0.3, -0.25) is 9.80 Å². The molecule has 2 heterocycles. The molecule has 0 radical (unpaired) electrons. The average Bonchev–Trinajstić information content (AvgIpc) is 2.95. The van der Waals surface area contributed by atoms with Crippen LogP contribution in [-0.2, 0) is 10.8 Å². The number of benzene rings is 2. The van der Waals surface area contributed by atoms with Crippen LogP contribution in [0, 0.1) is 0 Å². The van der Waals surface area contributed by atoms with Crippen molar-refractivity contribution in [2.45, 2.75) is 116 Å². The summed E-state index contributed by atoms with van der Waals surface area (Å²) in [6.07, 6.45) is -3.26. The second-order valence-corrected chi connectivity index (χ2v) is 14.5. The fourth-order valence-corrected chi connectivity index (χ4v) is 5.64. The van der Waals surface area contributed by atoms with Gasteiger partial charge in [0.25, 0.3) is 0 Å². The van der Waals surface area contributed by atoms with Crippen molar-refractivity contribution in [3.8, 4) is 11.5 Å². The molecule has 0 N–H and O–H groups in total. The molecule has 2 aromatic carbocycles. The van der Waals surface area contributed by atoms with Gasteiger partial charge in [0.2, 0.25) is 6.43 Å². The number of nitrogens with zero attached hydrogens (tertiary/aromatic N) is 2. The summed E-state index contributed by atoms with van der Waals surface area (Å²) >= 11 is 0. The first kappa shape index (κ1) is 37.1. The van der Waals surface area contributed by atoms with E-state index >= 15 is 0 Å². The van der Waals surface area contributed by atoms with E-state index in [0.717, 1.165) is 56.8 Å². The van der Waals surface area contributed by atoms with E-state index in [2.05, 4.69) is 70.7 Å². The molecule has 254 valence electrons. The number of alkyl halides is 5. The molecule has 2 aromatic rings. The zero-order valence-electron chi connectivity index (χ0n) is 27.9. The molecule has 0 aliphatic carbocycles. The third-order valence-corrected chi connectivity index (χ3v) is 8.35. The normalized spacial score (nSPS) is 20.4. The van der Waals surface area contributed by atoms with E-state index in [4.69, 9.17) is 9.47 Å². The summed E-state index contributed by atoms with van der Waals surface area (Å²) in [4.78, 5) is 3.94. The molecule has 9 heteroatoms. The van der Waals surface area contributed by atoms with E-state index < -0.39 is 19.0 Å². The monoisotopic (exact) mass is 640 g/mol. The van der Waals surface area contributed by atoms with Gasteiger partial charge < -0.3 is 9.47 Å². The van der Waals surface area contributed by atoms with Crippen LogP contribution in [0.3, 0.4) is 0 Å². The summed E-state index contributed by atoms with van der Waals surface area (Å²) in [5.74, 6) is 1.66. The van der Waals surface area contributed by atoms with E-state index in [9.17, 15) is 22.0 Å². The zero-order chi connectivity index (χ0) is 33.3. The fraction of sp³-hybridized carbons (Fsp3) is 0.667. The molecule has 0 spiro atoms. The summed E-state index contributed by atoms with van der Waals surface area (Å²) in [6, 6.07) is 16.3. The molecule has 2 fully saturated rings. The van der Waals surface area contributed by atoms with Gasteiger partial charge in [-0.05, 0) is 85.0 Å². The highest BCUT2D eigenvalue weighted by molar-refractivity contribution is 5.32. The Bertz CT molecular complexity index is 1120. The largest absolute Gasteiger partial charge is 0.489 e. The minimum Gasteiger partial charge on any atom is -0.489 e. The molecule has 4 rings (SSSR count). The van der Waals surface area contributed by atoms with Gasteiger partial charge in [0.15, 0.2) is 0 Å².